The van der Waals surface area contributed by atoms with Gasteiger partial charge in [0, 0.05) is 18.0 Å². The maximum atomic E-state index is 8.77. The Kier molecular flexibility index (Phi) is 5.53. The minimum atomic E-state index is 0.194. The Labute approximate surface area is 149 Å². The SMILES string of the molecule is CCCCCc1ccc(-c2ccc(-c3cnc(C#N)nc3)cc2)cc1. The van der Waals surface area contributed by atoms with Crippen molar-refractivity contribution in [1.82, 2.24) is 9.97 Å². The van der Waals surface area contributed by atoms with Crippen LogP contribution in [-0.4, -0.2) is 9.97 Å². The van der Waals surface area contributed by atoms with Gasteiger partial charge in [0.25, 0.3) is 0 Å². The fraction of sp³-hybridized carbons (Fsp3) is 0.227. The summed E-state index contributed by atoms with van der Waals surface area (Å²) >= 11 is 0. The summed E-state index contributed by atoms with van der Waals surface area (Å²) in [6, 6.07) is 19.1. The summed E-state index contributed by atoms with van der Waals surface area (Å²) < 4.78 is 0. The van der Waals surface area contributed by atoms with Gasteiger partial charge in [-0.25, -0.2) is 9.97 Å². The fourth-order valence-electron chi connectivity index (χ4n) is 2.83. The Balaban J connectivity index is 1.72. The third-order valence-electron chi connectivity index (χ3n) is 4.33. The molecule has 124 valence electrons. The molecule has 0 amide bonds. The Hall–Kier alpha value is -2.99. The highest BCUT2D eigenvalue weighted by molar-refractivity contribution is 5.69. The van der Waals surface area contributed by atoms with E-state index >= 15 is 0 Å². The van der Waals surface area contributed by atoms with Gasteiger partial charge in [-0.15, -0.1) is 0 Å². The third kappa shape index (κ3) is 4.30. The highest BCUT2D eigenvalue weighted by Gasteiger charge is 2.02. The van der Waals surface area contributed by atoms with E-state index in [4.69, 9.17) is 5.26 Å². The normalized spacial score (nSPS) is 10.4. The second-order valence-electron chi connectivity index (χ2n) is 6.14. The highest BCUT2D eigenvalue weighted by atomic mass is 14.9. The standard InChI is InChI=1S/C22H21N3/c1-2-3-4-5-17-6-8-18(9-7-17)19-10-12-20(13-11-19)21-15-24-22(14-23)25-16-21/h6-13,15-16H,2-5H2,1H3. The second kappa shape index (κ2) is 8.21. The number of aromatic nitrogens is 2. The number of aryl methyl sites for hydroxylation is 1. The largest absolute Gasteiger partial charge is 0.232 e. The Morgan fingerprint density at radius 2 is 1.28 bits per heavy atom. The van der Waals surface area contributed by atoms with E-state index in [0.717, 1.165) is 17.5 Å². The Morgan fingerprint density at radius 1 is 0.760 bits per heavy atom. The zero-order chi connectivity index (χ0) is 17.5. The first-order chi connectivity index (χ1) is 12.3. The van der Waals surface area contributed by atoms with E-state index < -0.39 is 0 Å². The quantitative estimate of drug-likeness (QED) is 0.568. The lowest BCUT2D eigenvalue weighted by Gasteiger charge is -2.06. The maximum Gasteiger partial charge on any atom is 0.232 e. The summed E-state index contributed by atoms with van der Waals surface area (Å²) in [7, 11) is 0. The predicted octanol–water partition coefficient (Wildman–Crippen LogP) is 5.41. The van der Waals surface area contributed by atoms with Gasteiger partial charge < -0.3 is 0 Å². The third-order valence-corrected chi connectivity index (χ3v) is 4.33. The number of rotatable bonds is 6. The van der Waals surface area contributed by atoms with E-state index in [1.54, 1.807) is 12.4 Å². The first kappa shape index (κ1) is 16.9. The van der Waals surface area contributed by atoms with Crippen molar-refractivity contribution < 1.29 is 0 Å². The van der Waals surface area contributed by atoms with Crippen LogP contribution in [0, 0.1) is 11.3 Å². The van der Waals surface area contributed by atoms with Crippen molar-refractivity contribution in [1.29, 1.82) is 5.26 Å². The van der Waals surface area contributed by atoms with Crippen LogP contribution in [0.4, 0.5) is 0 Å². The first-order valence-electron chi connectivity index (χ1n) is 8.72. The molecule has 0 atom stereocenters. The Bertz CT molecular complexity index is 842. The van der Waals surface area contributed by atoms with Gasteiger partial charge in [-0.3, -0.25) is 0 Å². The lowest BCUT2D eigenvalue weighted by Crippen LogP contribution is -1.89. The molecule has 2 aromatic carbocycles. The van der Waals surface area contributed by atoms with E-state index in [9.17, 15) is 0 Å². The molecule has 1 aromatic heterocycles. The summed E-state index contributed by atoms with van der Waals surface area (Å²) in [5.74, 6) is 0.194. The summed E-state index contributed by atoms with van der Waals surface area (Å²) in [6.07, 6.45) is 8.34. The number of unbranched alkanes of at least 4 members (excludes halogenated alkanes) is 2. The molecule has 0 aliphatic rings. The molecule has 0 N–H and O–H groups in total. The fourth-order valence-corrected chi connectivity index (χ4v) is 2.83. The van der Waals surface area contributed by atoms with Crippen molar-refractivity contribution in [2.24, 2.45) is 0 Å². The predicted molar refractivity (Wildman–Crippen MR) is 101 cm³/mol. The summed E-state index contributed by atoms with van der Waals surface area (Å²) in [5.41, 5.74) is 5.78. The van der Waals surface area contributed by atoms with Crippen molar-refractivity contribution in [2.45, 2.75) is 32.6 Å². The lowest BCUT2D eigenvalue weighted by molar-refractivity contribution is 0.717. The molecule has 25 heavy (non-hydrogen) atoms. The van der Waals surface area contributed by atoms with Crippen LogP contribution in [0.1, 0.15) is 37.6 Å². The maximum absolute atomic E-state index is 8.77. The molecule has 0 aliphatic heterocycles. The van der Waals surface area contributed by atoms with Gasteiger partial charge in [-0.05, 0) is 35.1 Å². The molecule has 3 heteroatoms. The number of nitriles is 1. The number of benzene rings is 2. The van der Waals surface area contributed by atoms with E-state index in [0.29, 0.717) is 0 Å². The van der Waals surface area contributed by atoms with Crippen LogP contribution in [-0.2, 0) is 6.42 Å². The van der Waals surface area contributed by atoms with Gasteiger partial charge in [0.1, 0.15) is 6.07 Å². The van der Waals surface area contributed by atoms with Crippen LogP contribution in [0.5, 0.6) is 0 Å². The van der Waals surface area contributed by atoms with Crippen LogP contribution in [0.15, 0.2) is 60.9 Å². The lowest BCUT2D eigenvalue weighted by atomic mass is 9.99. The van der Waals surface area contributed by atoms with Crippen LogP contribution in [0.3, 0.4) is 0 Å². The molecule has 0 fully saturated rings. The van der Waals surface area contributed by atoms with Crippen molar-refractivity contribution in [3.63, 3.8) is 0 Å². The Morgan fingerprint density at radius 3 is 1.80 bits per heavy atom. The molecular weight excluding hydrogens is 306 g/mol. The molecule has 0 bridgehead atoms. The summed E-state index contributed by atoms with van der Waals surface area (Å²) in [5, 5.41) is 8.77. The average Bonchev–Trinajstić information content (AvgIpc) is 2.69. The molecule has 0 unspecified atom stereocenters. The molecule has 3 rings (SSSR count). The molecule has 0 radical (unpaired) electrons. The molecule has 0 spiro atoms. The zero-order valence-electron chi connectivity index (χ0n) is 14.4. The molecule has 3 aromatic rings. The topological polar surface area (TPSA) is 49.6 Å². The molecule has 1 heterocycles. The first-order valence-corrected chi connectivity index (χ1v) is 8.72. The molecule has 0 saturated heterocycles. The van der Waals surface area contributed by atoms with E-state index in [1.165, 1.54) is 36.0 Å². The molecular formula is C22H21N3. The number of hydrogen-bond donors (Lipinski definition) is 0. The number of hydrogen-bond acceptors (Lipinski definition) is 3. The minimum absolute atomic E-state index is 0.194. The van der Waals surface area contributed by atoms with E-state index in [2.05, 4.69) is 65.4 Å². The van der Waals surface area contributed by atoms with Gasteiger partial charge in [-0.2, -0.15) is 5.26 Å². The van der Waals surface area contributed by atoms with Crippen LogP contribution < -0.4 is 0 Å². The van der Waals surface area contributed by atoms with Crippen molar-refractivity contribution in [3.8, 4) is 28.3 Å². The van der Waals surface area contributed by atoms with Gasteiger partial charge in [-0.1, -0.05) is 68.3 Å². The van der Waals surface area contributed by atoms with Crippen molar-refractivity contribution >= 4 is 0 Å². The summed E-state index contributed by atoms with van der Waals surface area (Å²) in [6.45, 7) is 2.23. The van der Waals surface area contributed by atoms with Crippen LogP contribution >= 0.6 is 0 Å². The van der Waals surface area contributed by atoms with Gasteiger partial charge in [0.2, 0.25) is 5.82 Å². The summed E-state index contributed by atoms with van der Waals surface area (Å²) in [4.78, 5) is 8.04. The molecule has 0 aliphatic carbocycles. The van der Waals surface area contributed by atoms with Crippen LogP contribution in [0.25, 0.3) is 22.3 Å². The van der Waals surface area contributed by atoms with Crippen molar-refractivity contribution in [3.05, 3.63) is 72.3 Å². The van der Waals surface area contributed by atoms with Gasteiger partial charge >= 0.3 is 0 Å². The average molecular weight is 327 g/mol. The van der Waals surface area contributed by atoms with E-state index in [-0.39, 0.29) is 5.82 Å². The minimum Gasteiger partial charge on any atom is -0.227 e. The highest BCUT2D eigenvalue weighted by Crippen LogP contribution is 2.24. The number of nitrogens with zero attached hydrogens (tertiary/aromatic N) is 3. The van der Waals surface area contributed by atoms with E-state index in [1.807, 2.05) is 6.07 Å². The van der Waals surface area contributed by atoms with Crippen LogP contribution in [0.2, 0.25) is 0 Å². The van der Waals surface area contributed by atoms with Crippen molar-refractivity contribution in [2.75, 3.05) is 0 Å². The smallest absolute Gasteiger partial charge is 0.227 e. The zero-order valence-corrected chi connectivity index (χ0v) is 14.4. The van der Waals surface area contributed by atoms with Gasteiger partial charge in [0.15, 0.2) is 0 Å². The van der Waals surface area contributed by atoms with Gasteiger partial charge in [0.05, 0.1) is 0 Å². The monoisotopic (exact) mass is 327 g/mol. The molecule has 3 nitrogen and oxygen atoms in total. The second-order valence-corrected chi connectivity index (χ2v) is 6.14. The molecule has 0 saturated carbocycles.